The minimum atomic E-state index is -0.174. The first kappa shape index (κ1) is 9.72. The monoisotopic (exact) mass is 210 g/mol. The lowest BCUT2D eigenvalue weighted by molar-refractivity contribution is 0.626. The number of hydrogen-bond acceptors (Lipinski definition) is 0. The van der Waals surface area contributed by atoms with Gasteiger partial charge >= 0.3 is 0 Å². The van der Waals surface area contributed by atoms with Gasteiger partial charge in [-0.15, -0.1) is 11.6 Å². The number of halogens is 2. The summed E-state index contributed by atoms with van der Waals surface area (Å²) in [6.07, 6.45) is 4.07. The summed E-state index contributed by atoms with van der Waals surface area (Å²) in [7, 11) is 0. The van der Waals surface area contributed by atoms with Gasteiger partial charge in [0.05, 0.1) is 5.38 Å². The molecule has 1 aromatic rings. The topological polar surface area (TPSA) is 0 Å². The van der Waals surface area contributed by atoms with Gasteiger partial charge < -0.3 is 0 Å². The van der Waals surface area contributed by atoms with Crippen molar-refractivity contribution in [2.45, 2.75) is 25.1 Å². The molecule has 0 bridgehead atoms. The highest BCUT2D eigenvalue weighted by atomic mass is 35.5. The predicted molar refractivity (Wildman–Crippen MR) is 58.0 cm³/mol. The third kappa shape index (κ3) is 1.83. The lowest BCUT2D eigenvalue weighted by Crippen LogP contribution is -1.87. The fourth-order valence-electron chi connectivity index (χ4n) is 1.89. The molecular weight excluding hydrogens is 199 g/mol. The molecule has 0 aromatic heterocycles. The number of hydrogen-bond donors (Lipinski definition) is 0. The summed E-state index contributed by atoms with van der Waals surface area (Å²) < 4.78 is 12.9. The minimum absolute atomic E-state index is 0.148. The molecule has 0 aliphatic heterocycles. The molecule has 0 radical (unpaired) electrons. The molecule has 1 aromatic carbocycles. The number of allylic oxidation sites excluding steroid dienone is 2. The van der Waals surface area contributed by atoms with Gasteiger partial charge in [0, 0.05) is 0 Å². The van der Waals surface area contributed by atoms with Crippen LogP contribution in [0.1, 0.15) is 24.0 Å². The highest BCUT2D eigenvalue weighted by Crippen LogP contribution is 2.32. The Morgan fingerprint density at radius 2 is 2.21 bits per heavy atom. The first-order valence-corrected chi connectivity index (χ1v) is 5.22. The van der Waals surface area contributed by atoms with Gasteiger partial charge in [0.2, 0.25) is 0 Å². The van der Waals surface area contributed by atoms with E-state index < -0.39 is 0 Å². The predicted octanol–water partition coefficient (Wildman–Crippen LogP) is 3.92. The largest absolute Gasteiger partial charge is 0.207 e. The van der Waals surface area contributed by atoms with Crippen molar-refractivity contribution < 1.29 is 4.39 Å². The third-order valence-electron chi connectivity index (χ3n) is 2.61. The molecule has 0 saturated heterocycles. The van der Waals surface area contributed by atoms with Crippen LogP contribution in [0, 0.1) is 12.7 Å². The zero-order chi connectivity index (χ0) is 10.1. The van der Waals surface area contributed by atoms with E-state index in [0.717, 1.165) is 24.0 Å². The van der Waals surface area contributed by atoms with Crippen LogP contribution in [0.4, 0.5) is 4.39 Å². The second-order valence-electron chi connectivity index (χ2n) is 3.71. The molecule has 2 heteroatoms. The van der Waals surface area contributed by atoms with Crippen LogP contribution < -0.4 is 0 Å². The summed E-state index contributed by atoms with van der Waals surface area (Å²) in [6, 6.07) is 4.91. The Morgan fingerprint density at radius 1 is 1.43 bits per heavy atom. The highest BCUT2D eigenvalue weighted by molar-refractivity contribution is 6.22. The van der Waals surface area contributed by atoms with Crippen molar-refractivity contribution >= 4 is 17.2 Å². The standard InChI is InChI=1S/C12H12ClF/c1-8-6-11(14)4-5-12(8)9-2-3-10(13)7-9/h4-7,10H,2-3H2,1H3. The van der Waals surface area contributed by atoms with Crippen LogP contribution in [-0.4, -0.2) is 5.38 Å². The number of rotatable bonds is 1. The van der Waals surface area contributed by atoms with Crippen LogP contribution in [0.5, 0.6) is 0 Å². The molecule has 0 N–H and O–H groups in total. The van der Waals surface area contributed by atoms with E-state index in [1.807, 2.05) is 13.0 Å². The van der Waals surface area contributed by atoms with E-state index in [4.69, 9.17) is 11.6 Å². The maximum Gasteiger partial charge on any atom is 0.123 e. The average Bonchev–Trinajstić information content (AvgIpc) is 2.51. The summed E-state index contributed by atoms with van der Waals surface area (Å²) in [5.41, 5.74) is 3.37. The van der Waals surface area contributed by atoms with Crippen LogP contribution in [0.25, 0.3) is 5.57 Å². The fraction of sp³-hybridized carbons (Fsp3) is 0.333. The summed E-state index contributed by atoms with van der Waals surface area (Å²) in [6.45, 7) is 1.93. The Morgan fingerprint density at radius 3 is 2.79 bits per heavy atom. The van der Waals surface area contributed by atoms with Gasteiger partial charge in [-0.3, -0.25) is 0 Å². The van der Waals surface area contributed by atoms with Crippen LogP contribution in [0.2, 0.25) is 0 Å². The second kappa shape index (κ2) is 3.74. The first-order chi connectivity index (χ1) is 6.66. The van der Waals surface area contributed by atoms with E-state index in [-0.39, 0.29) is 11.2 Å². The molecule has 1 unspecified atom stereocenters. The molecule has 0 heterocycles. The number of aryl methyl sites for hydroxylation is 1. The first-order valence-electron chi connectivity index (χ1n) is 4.78. The van der Waals surface area contributed by atoms with Crippen molar-refractivity contribution in [2.24, 2.45) is 0 Å². The van der Waals surface area contributed by atoms with Gasteiger partial charge in [-0.1, -0.05) is 12.1 Å². The zero-order valence-corrected chi connectivity index (χ0v) is 8.81. The summed E-state index contributed by atoms with van der Waals surface area (Å²) in [5, 5.41) is 0.148. The molecule has 1 aliphatic rings. The third-order valence-corrected chi connectivity index (χ3v) is 2.95. The zero-order valence-electron chi connectivity index (χ0n) is 8.06. The van der Waals surface area contributed by atoms with Crippen molar-refractivity contribution in [1.82, 2.24) is 0 Å². The molecule has 1 aliphatic carbocycles. The SMILES string of the molecule is Cc1cc(F)ccc1C1=CC(Cl)CC1. The van der Waals surface area contributed by atoms with Crippen LogP contribution in [0.3, 0.4) is 0 Å². The van der Waals surface area contributed by atoms with Gasteiger partial charge in [0.1, 0.15) is 5.82 Å². The van der Waals surface area contributed by atoms with E-state index in [1.165, 1.54) is 11.6 Å². The quantitative estimate of drug-likeness (QED) is 0.617. The lowest BCUT2D eigenvalue weighted by Gasteiger charge is -2.05. The van der Waals surface area contributed by atoms with E-state index >= 15 is 0 Å². The molecule has 0 fully saturated rings. The van der Waals surface area contributed by atoms with Crippen molar-refractivity contribution in [3.63, 3.8) is 0 Å². The van der Waals surface area contributed by atoms with Gasteiger partial charge in [0.25, 0.3) is 0 Å². The molecule has 2 rings (SSSR count). The van der Waals surface area contributed by atoms with Crippen LogP contribution >= 0.6 is 11.6 Å². The lowest BCUT2D eigenvalue weighted by atomic mass is 10.0. The van der Waals surface area contributed by atoms with Gasteiger partial charge in [-0.2, -0.15) is 0 Å². The Kier molecular flexibility index (Phi) is 2.60. The molecule has 0 nitrogen and oxygen atoms in total. The van der Waals surface area contributed by atoms with Crippen molar-refractivity contribution in [1.29, 1.82) is 0 Å². The minimum Gasteiger partial charge on any atom is -0.207 e. The van der Waals surface area contributed by atoms with Crippen molar-refractivity contribution in [3.05, 3.63) is 41.2 Å². The van der Waals surface area contributed by atoms with Gasteiger partial charge in [-0.05, 0) is 48.6 Å². The summed E-state index contributed by atoms with van der Waals surface area (Å²) in [4.78, 5) is 0. The average molecular weight is 211 g/mol. The van der Waals surface area contributed by atoms with E-state index in [0.29, 0.717) is 0 Å². The highest BCUT2D eigenvalue weighted by Gasteiger charge is 2.15. The second-order valence-corrected chi connectivity index (χ2v) is 4.27. The van der Waals surface area contributed by atoms with Gasteiger partial charge in [-0.25, -0.2) is 4.39 Å². The molecular formula is C12H12ClF. The molecule has 0 amide bonds. The Labute approximate surface area is 88.4 Å². The van der Waals surface area contributed by atoms with Crippen LogP contribution in [-0.2, 0) is 0 Å². The van der Waals surface area contributed by atoms with E-state index in [1.54, 1.807) is 6.07 Å². The van der Waals surface area contributed by atoms with Crippen molar-refractivity contribution in [3.8, 4) is 0 Å². The Hall–Kier alpha value is -0.820. The van der Waals surface area contributed by atoms with E-state index in [9.17, 15) is 4.39 Å². The Bertz CT molecular complexity index is 382. The summed E-state index contributed by atoms with van der Waals surface area (Å²) >= 11 is 5.99. The molecule has 0 saturated carbocycles. The maximum absolute atomic E-state index is 12.9. The molecule has 14 heavy (non-hydrogen) atoms. The van der Waals surface area contributed by atoms with Gasteiger partial charge in [0.15, 0.2) is 0 Å². The molecule has 0 spiro atoms. The van der Waals surface area contributed by atoms with Crippen molar-refractivity contribution in [2.75, 3.05) is 0 Å². The number of alkyl halides is 1. The smallest absolute Gasteiger partial charge is 0.123 e. The number of benzene rings is 1. The summed E-state index contributed by atoms with van der Waals surface area (Å²) in [5.74, 6) is -0.174. The Balaban J connectivity index is 2.37. The van der Waals surface area contributed by atoms with E-state index in [2.05, 4.69) is 6.08 Å². The fourth-order valence-corrected chi connectivity index (χ4v) is 2.15. The molecule has 1 atom stereocenters. The maximum atomic E-state index is 12.9. The normalized spacial score (nSPS) is 21.1. The van der Waals surface area contributed by atoms with Crippen LogP contribution in [0.15, 0.2) is 24.3 Å². The molecule has 74 valence electrons.